The zero-order chi connectivity index (χ0) is 12.4. The Kier molecular flexibility index (Phi) is 4.31. The summed E-state index contributed by atoms with van der Waals surface area (Å²) in [5.74, 6) is 0.938. The Balaban J connectivity index is 0.00000133. The fraction of sp³-hybridized carbons (Fsp3) is 0.0625. The molecule has 0 spiro atoms. The van der Waals surface area contributed by atoms with Gasteiger partial charge in [-0.25, -0.2) is 0 Å². The maximum Gasteiger partial charge on any atom is 0.0727 e. The van der Waals surface area contributed by atoms with Crippen molar-refractivity contribution in [1.29, 1.82) is 0 Å². The Labute approximate surface area is 126 Å². The van der Waals surface area contributed by atoms with Crippen LogP contribution in [0.4, 0.5) is 0 Å². The van der Waals surface area contributed by atoms with Crippen molar-refractivity contribution in [2.75, 3.05) is 0 Å². The molecule has 2 aromatic carbocycles. The van der Waals surface area contributed by atoms with Gasteiger partial charge in [0.25, 0.3) is 0 Å². The fourth-order valence-electron chi connectivity index (χ4n) is 2.01. The van der Waals surface area contributed by atoms with Crippen molar-refractivity contribution in [3.63, 3.8) is 0 Å². The van der Waals surface area contributed by atoms with Gasteiger partial charge in [0.1, 0.15) is 0 Å². The summed E-state index contributed by atoms with van der Waals surface area (Å²) >= 11 is 0. The summed E-state index contributed by atoms with van der Waals surface area (Å²) in [6.45, 7) is 0. The van der Waals surface area contributed by atoms with Gasteiger partial charge in [0.15, 0.2) is 0 Å². The van der Waals surface area contributed by atoms with Crippen molar-refractivity contribution < 1.29 is 20.1 Å². The van der Waals surface area contributed by atoms with Crippen LogP contribution in [0.15, 0.2) is 60.9 Å². The monoisotopic (exact) mass is 426 g/mol. The molecule has 0 unspecified atom stereocenters. The molecule has 2 nitrogen and oxygen atoms in total. The molecule has 0 saturated heterocycles. The van der Waals surface area contributed by atoms with Gasteiger partial charge < -0.3 is 4.57 Å². The normalized spacial score (nSPS) is 9.95. The Morgan fingerprint density at radius 1 is 0.947 bits per heavy atom. The van der Waals surface area contributed by atoms with E-state index in [0.29, 0.717) is 0 Å². The number of benzene rings is 2. The van der Waals surface area contributed by atoms with Crippen LogP contribution in [0, 0.1) is 6.07 Å². The molecule has 1 aromatic heterocycles. The van der Waals surface area contributed by atoms with Gasteiger partial charge >= 0.3 is 0 Å². The second-order valence-electron chi connectivity index (χ2n) is 4.21. The molecule has 0 atom stereocenters. The van der Waals surface area contributed by atoms with E-state index in [-0.39, 0.29) is 20.1 Å². The summed E-state index contributed by atoms with van der Waals surface area (Å²) < 4.78 is 2.00. The summed E-state index contributed by atoms with van der Waals surface area (Å²) in [4.78, 5) is 4.35. The van der Waals surface area contributed by atoms with Gasteiger partial charge in [0.05, 0.1) is 5.82 Å². The van der Waals surface area contributed by atoms with E-state index in [4.69, 9.17) is 0 Å². The standard InChI is InChI=1S/C16H13N2.Ir/c1-18-11-10-17-16(18)15-9-5-8-14(12-15)13-6-3-2-4-7-13;/h2-11H,1H3;/q-1;. The average Bonchev–Trinajstić information content (AvgIpc) is 2.86. The molecule has 0 N–H and O–H groups in total. The van der Waals surface area contributed by atoms with Gasteiger partial charge in [-0.2, -0.15) is 0 Å². The largest absolute Gasteiger partial charge is 0.365 e. The SMILES string of the molecule is Cn1ccnc1-c1[c-]c(-c2ccccc2)ccc1.[Ir]. The van der Waals surface area contributed by atoms with E-state index in [0.717, 1.165) is 17.0 Å². The quantitative estimate of drug-likeness (QED) is 0.575. The van der Waals surface area contributed by atoms with Crippen LogP contribution < -0.4 is 0 Å². The van der Waals surface area contributed by atoms with Gasteiger partial charge in [-0.3, -0.25) is 4.98 Å². The summed E-state index contributed by atoms with van der Waals surface area (Å²) in [5.41, 5.74) is 3.29. The van der Waals surface area contributed by atoms with Crippen molar-refractivity contribution in [2.24, 2.45) is 7.05 Å². The van der Waals surface area contributed by atoms with E-state index in [1.54, 1.807) is 6.20 Å². The molecule has 0 aliphatic rings. The molecule has 0 amide bonds. The summed E-state index contributed by atoms with van der Waals surface area (Å²) in [6, 6.07) is 19.9. The molecule has 97 valence electrons. The zero-order valence-corrected chi connectivity index (χ0v) is 12.9. The molecule has 0 aliphatic heterocycles. The van der Waals surface area contributed by atoms with E-state index in [9.17, 15) is 0 Å². The van der Waals surface area contributed by atoms with Crippen LogP contribution in [0.3, 0.4) is 0 Å². The molecule has 1 heterocycles. The van der Waals surface area contributed by atoms with Gasteiger partial charge in [0.2, 0.25) is 0 Å². The average molecular weight is 426 g/mol. The Hall–Kier alpha value is -1.70. The summed E-state index contributed by atoms with van der Waals surface area (Å²) in [7, 11) is 1.99. The topological polar surface area (TPSA) is 17.8 Å². The number of hydrogen-bond acceptors (Lipinski definition) is 1. The molecule has 0 fully saturated rings. The zero-order valence-electron chi connectivity index (χ0n) is 10.5. The molecule has 3 rings (SSSR count). The number of imidazole rings is 1. The van der Waals surface area contributed by atoms with E-state index >= 15 is 0 Å². The number of aryl methyl sites for hydroxylation is 1. The first-order valence-electron chi connectivity index (χ1n) is 5.90. The second-order valence-corrected chi connectivity index (χ2v) is 4.21. The predicted molar refractivity (Wildman–Crippen MR) is 72.9 cm³/mol. The molecule has 0 aliphatic carbocycles. The minimum atomic E-state index is 0. The molecular formula is C16H13IrN2-. The van der Waals surface area contributed by atoms with Gasteiger partial charge in [0, 0.05) is 39.5 Å². The first-order chi connectivity index (χ1) is 8.84. The maximum absolute atomic E-state index is 4.35. The molecule has 0 bridgehead atoms. The van der Waals surface area contributed by atoms with Gasteiger partial charge in [-0.1, -0.05) is 41.5 Å². The number of hydrogen-bond donors (Lipinski definition) is 0. The maximum atomic E-state index is 4.35. The Bertz CT molecular complexity index is 659. The van der Waals surface area contributed by atoms with Crippen LogP contribution in [0.5, 0.6) is 0 Å². The van der Waals surface area contributed by atoms with Gasteiger partial charge in [-0.05, 0) is 0 Å². The van der Waals surface area contributed by atoms with Crippen LogP contribution in [0.2, 0.25) is 0 Å². The van der Waals surface area contributed by atoms with Crippen LogP contribution >= 0.6 is 0 Å². The van der Waals surface area contributed by atoms with Crippen LogP contribution in [0.25, 0.3) is 22.5 Å². The van der Waals surface area contributed by atoms with Gasteiger partial charge in [-0.15, -0.1) is 29.8 Å². The van der Waals surface area contributed by atoms with E-state index in [1.807, 2.05) is 48.1 Å². The van der Waals surface area contributed by atoms with Crippen LogP contribution in [0.1, 0.15) is 0 Å². The van der Waals surface area contributed by atoms with Crippen molar-refractivity contribution in [3.8, 4) is 22.5 Å². The molecular weight excluding hydrogens is 412 g/mol. The molecule has 3 heteroatoms. The van der Waals surface area contributed by atoms with Crippen LogP contribution in [-0.2, 0) is 27.2 Å². The van der Waals surface area contributed by atoms with E-state index in [1.165, 1.54) is 5.56 Å². The van der Waals surface area contributed by atoms with Crippen LogP contribution in [-0.4, -0.2) is 9.55 Å². The molecule has 0 saturated carbocycles. The van der Waals surface area contributed by atoms with Crippen molar-refractivity contribution in [2.45, 2.75) is 0 Å². The minimum absolute atomic E-state index is 0. The Morgan fingerprint density at radius 2 is 1.68 bits per heavy atom. The minimum Gasteiger partial charge on any atom is -0.365 e. The first kappa shape index (κ1) is 13.7. The van der Waals surface area contributed by atoms with E-state index in [2.05, 4.69) is 29.2 Å². The number of aromatic nitrogens is 2. The second kappa shape index (κ2) is 5.96. The summed E-state index contributed by atoms with van der Waals surface area (Å²) in [5, 5.41) is 0. The van der Waals surface area contributed by atoms with Crippen molar-refractivity contribution in [3.05, 3.63) is 67.0 Å². The third-order valence-corrected chi connectivity index (χ3v) is 2.94. The van der Waals surface area contributed by atoms with Crippen molar-refractivity contribution >= 4 is 0 Å². The van der Waals surface area contributed by atoms with E-state index < -0.39 is 0 Å². The predicted octanol–water partition coefficient (Wildman–Crippen LogP) is 3.55. The van der Waals surface area contributed by atoms with Crippen molar-refractivity contribution in [1.82, 2.24) is 9.55 Å². The molecule has 1 radical (unpaired) electrons. The Morgan fingerprint density at radius 3 is 2.37 bits per heavy atom. The molecule has 3 aromatic rings. The fourth-order valence-corrected chi connectivity index (χ4v) is 2.01. The summed E-state index contributed by atoms with van der Waals surface area (Å²) in [6.07, 6.45) is 3.75. The molecule has 19 heavy (non-hydrogen) atoms. The number of rotatable bonds is 2. The smallest absolute Gasteiger partial charge is 0.0727 e. The number of nitrogens with zero attached hydrogens (tertiary/aromatic N) is 2. The third-order valence-electron chi connectivity index (χ3n) is 2.94. The first-order valence-corrected chi connectivity index (χ1v) is 5.90. The third kappa shape index (κ3) is 2.83.